The van der Waals surface area contributed by atoms with Crippen LogP contribution in [-0.4, -0.2) is 14.7 Å². The molecule has 0 aliphatic carbocycles. The van der Waals surface area contributed by atoms with E-state index in [1.54, 1.807) is 18.2 Å². The Morgan fingerprint density at radius 2 is 1.55 bits per heavy atom. The van der Waals surface area contributed by atoms with Gasteiger partial charge in [-0.25, -0.2) is 0 Å². The van der Waals surface area contributed by atoms with Crippen LogP contribution < -0.4 is 4.52 Å². The van der Waals surface area contributed by atoms with E-state index in [4.69, 9.17) is 14.7 Å². The second-order valence-corrected chi connectivity index (χ2v) is 3.13. The first-order chi connectivity index (χ1) is 5.08. The Morgan fingerprint density at radius 1 is 1.00 bits per heavy atom. The van der Waals surface area contributed by atoms with Crippen molar-refractivity contribution in [3.8, 4) is 5.75 Å². The highest BCUT2D eigenvalue weighted by Crippen LogP contribution is 2.45. The van der Waals surface area contributed by atoms with Crippen LogP contribution in [0.4, 0.5) is 0 Å². The van der Waals surface area contributed by atoms with Crippen LogP contribution in [0.3, 0.4) is 0 Å². The topological polar surface area (TPSA) is 69.9 Å². The van der Waals surface area contributed by atoms with Crippen LogP contribution in [0.5, 0.6) is 5.75 Å². The molecule has 0 saturated carbocycles. The van der Waals surface area contributed by atoms with Gasteiger partial charge in [-0.1, -0.05) is 18.2 Å². The predicted octanol–water partition coefficient (Wildman–Crippen LogP) is 0.720. The molecule has 0 atom stereocenters. The number of benzene rings is 1. The van der Waals surface area contributed by atoms with Gasteiger partial charge in [0, 0.05) is 0 Å². The zero-order valence-electron chi connectivity index (χ0n) is 5.58. The van der Waals surface area contributed by atoms with Crippen LogP contribution in [0.1, 0.15) is 0 Å². The maximum absolute atomic E-state index is 8.47. The van der Waals surface area contributed by atoms with Gasteiger partial charge in [0.05, 0.1) is 0 Å². The Balaban J connectivity index is 2.66. The minimum Gasteiger partial charge on any atom is -0.261 e. The van der Waals surface area contributed by atoms with Gasteiger partial charge < -0.3 is 0 Å². The number of hydrogen-bond acceptors (Lipinski definition) is 4. The molecule has 0 radical (unpaired) electrons. The summed E-state index contributed by atoms with van der Waals surface area (Å²) in [5.74, 6) is 0.230. The lowest BCUT2D eigenvalue weighted by atomic mass is 10.3. The van der Waals surface area contributed by atoms with Crippen LogP contribution in [-0.2, 0) is 0 Å². The Morgan fingerprint density at radius 3 is 2.00 bits per heavy atom. The van der Waals surface area contributed by atoms with E-state index in [9.17, 15) is 0 Å². The fourth-order valence-corrected chi connectivity index (χ4v) is 1.03. The first-order valence-corrected chi connectivity index (χ1v) is 4.46. The van der Waals surface area contributed by atoms with E-state index in [1.165, 1.54) is 12.1 Å². The van der Waals surface area contributed by atoms with Crippen LogP contribution in [0.15, 0.2) is 30.3 Å². The van der Waals surface area contributed by atoms with E-state index in [0.29, 0.717) is 0 Å². The van der Waals surface area contributed by atoms with Crippen molar-refractivity contribution in [1.82, 2.24) is 0 Å². The summed E-state index contributed by atoms with van der Waals surface area (Å²) < 4.78 is 4.38. The fraction of sp³-hybridized carbons (Fsp3) is 0. The summed E-state index contributed by atoms with van der Waals surface area (Å²) in [7, 11) is -4.14. The molecule has 1 rings (SSSR count). The summed E-state index contributed by atoms with van der Waals surface area (Å²) in [5, 5.41) is 0. The van der Waals surface area contributed by atoms with Crippen molar-refractivity contribution >= 4 is 8.17 Å². The van der Waals surface area contributed by atoms with Crippen molar-refractivity contribution < 1.29 is 19.2 Å². The highest BCUT2D eigenvalue weighted by Gasteiger charge is 2.34. The molecular formula is C6H8O4P+. The van der Waals surface area contributed by atoms with Crippen LogP contribution in [0.25, 0.3) is 0 Å². The average molecular weight is 175 g/mol. The molecule has 0 saturated heterocycles. The van der Waals surface area contributed by atoms with Gasteiger partial charge in [-0.3, -0.25) is 4.52 Å². The molecule has 1 aromatic rings. The summed E-state index contributed by atoms with van der Waals surface area (Å²) in [6, 6.07) is 8.09. The molecule has 1 aromatic carbocycles. The summed E-state index contributed by atoms with van der Waals surface area (Å²) in [5.41, 5.74) is 0. The van der Waals surface area contributed by atoms with Crippen molar-refractivity contribution in [3.05, 3.63) is 30.3 Å². The van der Waals surface area contributed by atoms with Gasteiger partial charge in [0.15, 0.2) is 5.75 Å². The molecule has 0 amide bonds. The predicted molar refractivity (Wildman–Crippen MR) is 40.6 cm³/mol. The summed E-state index contributed by atoms with van der Waals surface area (Å²) in [4.78, 5) is 25.4. The molecule has 5 heteroatoms. The van der Waals surface area contributed by atoms with Gasteiger partial charge in [0.25, 0.3) is 0 Å². The molecule has 0 spiro atoms. The van der Waals surface area contributed by atoms with E-state index in [0.717, 1.165) is 0 Å². The van der Waals surface area contributed by atoms with Gasteiger partial charge >= 0.3 is 8.17 Å². The van der Waals surface area contributed by atoms with E-state index in [-0.39, 0.29) is 5.75 Å². The SMILES string of the molecule is O[P+](O)(O)Oc1ccccc1. The Labute approximate surface area is 64.4 Å². The Kier molecular flexibility index (Phi) is 2.42. The second-order valence-electron chi connectivity index (χ2n) is 1.92. The summed E-state index contributed by atoms with van der Waals surface area (Å²) >= 11 is 0. The second kappa shape index (κ2) is 3.15. The minimum atomic E-state index is -4.14. The molecule has 3 N–H and O–H groups in total. The molecule has 0 aromatic heterocycles. The van der Waals surface area contributed by atoms with Crippen molar-refractivity contribution in [2.45, 2.75) is 0 Å². The quantitative estimate of drug-likeness (QED) is 0.579. The van der Waals surface area contributed by atoms with Gasteiger partial charge in [0.2, 0.25) is 0 Å². The first-order valence-electron chi connectivity index (χ1n) is 2.90. The van der Waals surface area contributed by atoms with E-state index in [1.807, 2.05) is 0 Å². The highest BCUT2D eigenvalue weighted by molar-refractivity contribution is 7.53. The van der Waals surface area contributed by atoms with Crippen molar-refractivity contribution in [3.63, 3.8) is 0 Å². The Bertz CT molecular complexity index is 218. The standard InChI is InChI=1S/C6H8O4P/c7-11(8,9)10-6-4-2-1-3-5-6/h1-5,7-9H/q+1. The largest absolute Gasteiger partial charge is 0.613 e. The molecular weight excluding hydrogens is 167 g/mol. The molecule has 11 heavy (non-hydrogen) atoms. The molecule has 60 valence electrons. The summed E-state index contributed by atoms with van der Waals surface area (Å²) in [6.45, 7) is 0. The van der Waals surface area contributed by atoms with E-state index < -0.39 is 8.17 Å². The lowest BCUT2D eigenvalue weighted by Gasteiger charge is -2.02. The maximum atomic E-state index is 8.47. The zero-order chi connectivity index (χ0) is 8.32. The summed E-state index contributed by atoms with van der Waals surface area (Å²) in [6.07, 6.45) is 0. The monoisotopic (exact) mass is 175 g/mol. The molecule has 0 aliphatic rings. The Hall–Kier alpha value is -0.670. The number of rotatable bonds is 2. The van der Waals surface area contributed by atoms with E-state index >= 15 is 0 Å². The van der Waals surface area contributed by atoms with Gasteiger partial charge in [-0.05, 0) is 12.1 Å². The van der Waals surface area contributed by atoms with Gasteiger partial charge in [-0.2, -0.15) is 14.7 Å². The molecule has 0 fully saturated rings. The van der Waals surface area contributed by atoms with Gasteiger partial charge in [0.1, 0.15) is 0 Å². The molecule has 0 aliphatic heterocycles. The first kappa shape index (κ1) is 8.43. The number of hydrogen-bond donors (Lipinski definition) is 3. The van der Waals surface area contributed by atoms with Crippen LogP contribution >= 0.6 is 8.17 Å². The molecule has 0 bridgehead atoms. The van der Waals surface area contributed by atoms with Gasteiger partial charge in [-0.15, -0.1) is 0 Å². The third kappa shape index (κ3) is 3.30. The third-order valence-electron chi connectivity index (χ3n) is 0.971. The number of para-hydroxylation sites is 1. The lowest BCUT2D eigenvalue weighted by Crippen LogP contribution is -1.96. The highest BCUT2D eigenvalue weighted by atomic mass is 31.2. The van der Waals surface area contributed by atoms with Crippen molar-refractivity contribution in [2.75, 3.05) is 0 Å². The zero-order valence-corrected chi connectivity index (χ0v) is 6.48. The fourth-order valence-electron chi connectivity index (χ4n) is 0.623. The van der Waals surface area contributed by atoms with Crippen molar-refractivity contribution in [1.29, 1.82) is 0 Å². The normalized spacial score (nSPS) is 11.2. The molecule has 4 nitrogen and oxygen atoms in total. The molecule has 0 unspecified atom stereocenters. The van der Waals surface area contributed by atoms with Crippen molar-refractivity contribution in [2.24, 2.45) is 0 Å². The molecule has 0 heterocycles. The van der Waals surface area contributed by atoms with E-state index in [2.05, 4.69) is 4.52 Å². The maximum Gasteiger partial charge on any atom is 0.613 e. The smallest absolute Gasteiger partial charge is 0.261 e. The van der Waals surface area contributed by atoms with Crippen LogP contribution in [0.2, 0.25) is 0 Å². The average Bonchev–Trinajstić information content (AvgIpc) is 1.85. The minimum absolute atomic E-state index is 0.230. The third-order valence-corrected chi connectivity index (χ3v) is 1.43. The van der Waals surface area contributed by atoms with Crippen LogP contribution in [0, 0.1) is 0 Å². The lowest BCUT2D eigenvalue weighted by molar-refractivity contribution is 0.238.